The van der Waals surface area contributed by atoms with Crippen LogP contribution in [0.15, 0.2) is 71.2 Å². The number of carbonyl (C=O) groups is 1. The minimum atomic E-state index is 0.0576. The fourth-order valence-corrected chi connectivity index (χ4v) is 4.45. The van der Waals surface area contributed by atoms with Gasteiger partial charge in [-0.2, -0.15) is 0 Å². The third-order valence-electron chi connectivity index (χ3n) is 4.41. The maximum absolute atomic E-state index is 12.6. The van der Waals surface area contributed by atoms with E-state index >= 15 is 0 Å². The first-order valence-corrected chi connectivity index (χ1v) is 10.9. The minimum absolute atomic E-state index is 0.0576. The van der Waals surface area contributed by atoms with Crippen molar-refractivity contribution in [1.82, 2.24) is 14.8 Å². The molecule has 29 heavy (non-hydrogen) atoms. The summed E-state index contributed by atoms with van der Waals surface area (Å²) >= 11 is 2.97. The second kappa shape index (κ2) is 8.63. The van der Waals surface area contributed by atoms with E-state index in [1.807, 2.05) is 77.5 Å². The highest BCUT2D eigenvalue weighted by molar-refractivity contribution is 7.99. The number of Topliss-reactive ketones (excluding diaryl/α,β-unsaturated/α-hetero) is 1. The number of nitrogens with zero attached hydrogens (tertiary/aromatic N) is 3. The molecule has 0 fully saturated rings. The summed E-state index contributed by atoms with van der Waals surface area (Å²) in [5.41, 5.74) is 2.67. The average Bonchev–Trinajstić information content (AvgIpc) is 3.42. The van der Waals surface area contributed by atoms with Gasteiger partial charge < -0.3 is 4.74 Å². The number of ether oxygens (including phenoxy) is 1. The van der Waals surface area contributed by atoms with Gasteiger partial charge in [0, 0.05) is 5.56 Å². The van der Waals surface area contributed by atoms with E-state index in [1.165, 1.54) is 11.8 Å². The minimum Gasteiger partial charge on any atom is -0.495 e. The van der Waals surface area contributed by atoms with Crippen LogP contribution in [0.3, 0.4) is 0 Å². The summed E-state index contributed by atoms with van der Waals surface area (Å²) in [6.07, 6.45) is 0. The number of thiophene rings is 1. The van der Waals surface area contributed by atoms with Gasteiger partial charge in [0.15, 0.2) is 16.8 Å². The van der Waals surface area contributed by atoms with Gasteiger partial charge in [-0.15, -0.1) is 21.5 Å². The van der Waals surface area contributed by atoms with Gasteiger partial charge in [-0.25, -0.2) is 0 Å². The number of aryl methyl sites for hydroxylation is 1. The Morgan fingerprint density at radius 2 is 1.86 bits per heavy atom. The number of para-hydroxylation sites is 2. The second-order valence-corrected chi connectivity index (χ2v) is 8.26. The van der Waals surface area contributed by atoms with Crippen molar-refractivity contribution in [1.29, 1.82) is 0 Å². The number of hydrogen-bond donors (Lipinski definition) is 0. The highest BCUT2D eigenvalue weighted by atomic mass is 32.2. The Balaban J connectivity index is 1.68. The number of aromatic nitrogens is 3. The second-order valence-electron chi connectivity index (χ2n) is 6.37. The maximum Gasteiger partial charge on any atom is 0.196 e. The molecule has 0 aliphatic heterocycles. The molecule has 5 nitrogen and oxygen atoms in total. The first kappa shape index (κ1) is 19.4. The Morgan fingerprint density at radius 3 is 2.59 bits per heavy atom. The van der Waals surface area contributed by atoms with Crippen LogP contribution in [-0.4, -0.2) is 33.4 Å². The van der Waals surface area contributed by atoms with E-state index in [0.717, 1.165) is 27.7 Å². The predicted octanol–water partition coefficient (Wildman–Crippen LogP) is 5.29. The van der Waals surface area contributed by atoms with Gasteiger partial charge in [0.2, 0.25) is 0 Å². The van der Waals surface area contributed by atoms with Gasteiger partial charge in [-0.05, 0) is 30.5 Å². The van der Waals surface area contributed by atoms with Crippen LogP contribution in [0.2, 0.25) is 0 Å². The lowest BCUT2D eigenvalue weighted by Gasteiger charge is -2.13. The van der Waals surface area contributed by atoms with Crippen molar-refractivity contribution in [3.8, 4) is 22.1 Å². The zero-order chi connectivity index (χ0) is 20.2. The number of carbonyl (C=O) groups excluding carboxylic acids is 1. The Kier molecular flexibility index (Phi) is 5.78. The Morgan fingerprint density at radius 1 is 1.07 bits per heavy atom. The van der Waals surface area contributed by atoms with Crippen molar-refractivity contribution in [3.63, 3.8) is 0 Å². The van der Waals surface area contributed by atoms with Crippen LogP contribution in [0.25, 0.3) is 16.4 Å². The third kappa shape index (κ3) is 4.11. The highest BCUT2D eigenvalue weighted by Gasteiger charge is 2.20. The van der Waals surface area contributed by atoms with Crippen molar-refractivity contribution >= 4 is 28.9 Å². The van der Waals surface area contributed by atoms with Crippen LogP contribution in [0.1, 0.15) is 15.9 Å². The molecule has 0 aliphatic carbocycles. The Hall–Kier alpha value is -2.90. The van der Waals surface area contributed by atoms with Crippen molar-refractivity contribution in [2.24, 2.45) is 0 Å². The van der Waals surface area contributed by atoms with E-state index in [2.05, 4.69) is 10.2 Å². The molecule has 0 saturated heterocycles. The highest BCUT2D eigenvalue weighted by Crippen LogP contribution is 2.34. The fraction of sp³-hybridized carbons (Fsp3) is 0.136. The summed E-state index contributed by atoms with van der Waals surface area (Å²) in [5, 5.41) is 11.4. The number of benzene rings is 2. The number of methoxy groups -OCH3 is 1. The van der Waals surface area contributed by atoms with Gasteiger partial charge in [0.05, 0.1) is 23.4 Å². The summed E-state index contributed by atoms with van der Waals surface area (Å²) < 4.78 is 7.51. The van der Waals surface area contributed by atoms with Gasteiger partial charge in [-0.1, -0.05) is 59.8 Å². The zero-order valence-corrected chi connectivity index (χ0v) is 17.7. The molecule has 0 saturated carbocycles. The summed E-state index contributed by atoms with van der Waals surface area (Å²) in [4.78, 5) is 13.6. The van der Waals surface area contributed by atoms with Crippen LogP contribution in [0, 0.1) is 6.92 Å². The maximum atomic E-state index is 12.6. The first-order chi connectivity index (χ1) is 14.2. The average molecular weight is 422 g/mol. The molecule has 0 aliphatic rings. The molecule has 146 valence electrons. The SMILES string of the molecule is COc1ccccc1-n1c(SCC(=O)c2ccc(C)cc2)nnc1-c1cccs1. The standard InChI is InChI=1S/C22H19N3O2S2/c1-15-9-11-16(12-10-15)18(26)14-29-22-24-23-21(20-8-5-13-28-20)25(22)17-6-3-4-7-19(17)27-2/h3-13H,14H2,1-2H3. The molecule has 0 amide bonds. The molecular weight excluding hydrogens is 402 g/mol. The van der Waals surface area contributed by atoms with Crippen molar-refractivity contribution in [2.75, 3.05) is 12.9 Å². The molecule has 2 heterocycles. The largest absolute Gasteiger partial charge is 0.495 e. The Labute approximate surface area is 177 Å². The molecule has 0 N–H and O–H groups in total. The number of thioether (sulfide) groups is 1. The summed E-state index contributed by atoms with van der Waals surface area (Å²) in [6.45, 7) is 2.00. The molecule has 4 aromatic rings. The number of hydrogen-bond acceptors (Lipinski definition) is 6. The predicted molar refractivity (Wildman–Crippen MR) is 117 cm³/mol. The molecule has 4 rings (SSSR count). The van der Waals surface area contributed by atoms with Crippen LogP contribution in [0.4, 0.5) is 0 Å². The van der Waals surface area contributed by atoms with Gasteiger partial charge in [0.1, 0.15) is 5.75 Å². The lowest BCUT2D eigenvalue weighted by Crippen LogP contribution is -2.05. The smallest absolute Gasteiger partial charge is 0.196 e. The van der Waals surface area contributed by atoms with E-state index < -0.39 is 0 Å². The van der Waals surface area contributed by atoms with E-state index in [4.69, 9.17) is 4.74 Å². The molecule has 7 heteroatoms. The molecule has 0 atom stereocenters. The molecule has 2 aromatic heterocycles. The van der Waals surface area contributed by atoms with Crippen molar-refractivity contribution < 1.29 is 9.53 Å². The molecule has 0 spiro atoms. The lowest BCUT2D eigenvalue weighted by atomic mass is 10.1. The number of rotatable bonds is 7. The first-order valence-electron chi connectivity index (χ1n) is 9.02. The van der Waals surface area contributed by atoms with Gasteiger partial charge >= 0.3 is 0 Å². The van der Waals surface area contributed by atoms with Crippen LogP contribution in [-0.2, 0) is 0 Å². The van der Waals surface area contributed by atoms with Crippen LogP contribution < -0.4 is 4.74 Å². The molecule has 0 unspecified atom stereocenters. The number of ketones is 1. The Bertz CT molecular complexity index is 1120. The summed E-state index contributed by atoms with van der Waals surface area (Å²) in [5.74, 6) is 1.79. The van der Waals surface area contributed by atoms with E-state index in [1.54, 1.807) is 18.4 Å². The van der Waals surface area contributed by atoms with E-state index in [0.29, 0.717) is 10.7 Å². The molecule has 0 bridgehead atoms. The van der Waals surface area contributed by atoms with E-state index in [-0.39, 0.29) is 11.5 Å². The third-order valence-corrected chi connectivity index (χ3v) is 6.20. The van der Waals surface area contributed by atoms with Crippen molar-refractivity contribution in [3.05, 3.63) is 77.2 Å². The van der Waals surface area contributed by atoms with Gasteiger partial charge in [0.25, 0.3) is 0 Å². The molecule has 2 aromatic carbocycles. The monoisotopic (exact) mass is 421 g/mol. The fourth-order valence-electron chi connectivity index (χ4n) is 2.91. The van der Waals surface area contributed by atoms with Gasteiger partial charge in [-0.3, -0.25) is 9.36 Å². The van der Waals surface area contributed by atoms with Crippen LogP contribution >= 0.6 is 23.1 Å². The molecule has 0 radical (unpaired) electrons. The van der Waals surface area contributed by atoms with E-state index in [9.17, 15) is 4.79 Å². The topological polar surface area (TPSA) is 57.0 Å². The van der Waals surface area contributed by atoms with Crippen LogP contribution in [0.5, 0.6) is 5.75 Å². The zero-order valence-electron chi connectivity index (χ0n) is 16.0. The normalized spacial score (nSPS) is 10.8. The summed E-state index contributed by atoms with van der Waals surface area (Å²) in [7, 11) is 1.64. The van der Waals surface area contributed by atoms with Crippen molar-refractivity contribution in [2.45, 2.75) is 12.1 Å². The lowest BCUT2D eigenvalue weighted by molar-refractivity contribution is 0.102. The molecular formula is C22H19N3O2S2. The summed E-state index contributed by atoms with van der Waals surface area (Å²) in [6, 6.07) is 19.3. The quantitative estimate of drug-likeness (QED) is 0.300.